The number of β-amino-alcohol motifs (C(OH)–C–C–N with tert-alkyl or cyclic N) is 1. The van der Waals surface area contributed by atoms with Crippen LogP contribution in [-0.4, -0.2) is 47.2 Å². The zero-order valence-electron chi connectivity index (χ0n) is 10.5. The van der Waals surface area contributed by atoms with Crippen LogP contribution in [0.2, 0.25) is 0 Å². The fourth-order valence-corrected chi connectivity index (χ4v) is 2.58. The number of nitrogens with one attached hydrogen (secondary N) is 1. The van der Waals surface area contributed by atoms with Crippen molar-refractivity contribution in [2.45, 2.75) is 18.6 Å². The third-order valence-corrected chi connectivity index (χ3v) is 3.78. The highest BCUT2D eigenvalue weighted by atomic mass is 79.9. The van der Waals surface area contributed by atoms with Crippen LogP contribution in [0.3, 0.4) is 0 Å². The van der Waals surface area contributed by atoms with Crippen LogP contribution in [0.5, 0.6) is 0 Å². The van der Waals surface area contributed by atoms with Crippen molar-refractivity contribution in [3.8, 4) is 0 Å². The molecule has 0 spiro atoms. The number of rotatable bonds is 3. The minimum absolute atomic E-state index is 0.0144. The summed E-state index contributed by atoms with van der Waals surface area (Å²) >= 11 is 3.22. The molecule has 1 aliphatic rings. The maximum Gasteiger partial charge on any atom is 0.293 e. The van der Waals surface area contributed by atoms with E-state index < -0.39 is 11.0 Å². The van der Waals surface area contributed by atoms with Crippen LogP contribution < -0.4 is 5.32 Å². The first-order valence-corrected chi connectivity index (χ1v) is 6.84. The topological polar surface area (TPSA) is 78.6 Å². The molecule has 2 unspecified atom stereocenters. The Kier molecular flexibility index (Phi) is 4.38. The van der Waals surface area contributed by atoms with Crippen LogP contribution >= 0.6 is 15.9 Å². The fraction of sp³-hybridized carbons (Fsp3) is 0.500. The van der Waals surface area contributed by atoms with Gasteiger partial charge in [-0.15, -0.1) is 0 Å². The zero-order chi connectivity index (χ0) is 14.0. The van der Waals surface area contributed by atoms with Crippen LogP contribution in [0.1, 0.15) is 6.42 Å². The highest BCUT2D eigenvalue weighted by Crippen LogP contribution is 2.29. The molecule has 1 heterocycles. The second-order valence-corrected chi connectivity index (χ2v) is 5.70. The second-order valence-electron chi connectivity index (χ2n) is 4.79. The van der Waals surface area contributed by atoms with Crippen molar-refractivity contribution in [3.63, 3.8) is 0 Å². The lowest BCUT2D eigenvalue weighted by Crippen LogP contribution is -2.48. The molecule has 2 atom stereocenters. The first-order chi connectivity index (χ1) is 8.97. The molecular weight excluding hydrogens is 314 g/mol. The number of aliphatic hydroxyl groups excluding tert-OH is 1. The predicted octanol–water partition coefficient (Wildman–Crippen LogP) is 1.83. The van der Waals surface area contributed by atoms with E-state index in [-0.39, 0.29) is 11.7 Å². The number of hydrogen-bond donors (Lipinski definition) is 2. The molecule has 1 aliphatic heterocycles. The van der Waals surface area contributed by atoms with Crippen LogP contribution in [0.4, 0.5) is 11.4 Å². The van der Waals surface area contributed by atoms with E-state index >= 15 is 0 Å². The third kappa shape index (κ3) is 3.43. The van der Waals surface area contributed by atoms with E-state index in [0.29, 0.717) is 16.7 Å². The van der Waals surface area contributed by atoms with Gasteiger partial charge in [0.15, 0.2) is 0 Å². The van der Waals surface area contributed by atoms with Gasteiger partial charge >= 0.3 is 0 Å². The lowest BCUT2D eigenvalue weighted by Gasteiger charge is -2.34. The quantitative estimate of drug-likeness (QED) is 0.653. The van der Waals surface area contributed by atoms with E-state index in [9.17, 15) is 15.2 Å². The first kappa shape index (κ1) is 14.2. The largest absolute Gasteiger partial charge is 0.390 e. The highest BCUT2D eigenvalue weighted by Gasteiger charge is 2.27. The maximum absolute atomic E-state index is 11.0. The number of halogens is 1. The number of anilines is 1. The van der Waals surface area contributed by atoms with Crippen molar-refractivity contribution in [1.29, 1.82) is 0 Å². The van der Waals surface area contributed by atoms with Crippen molar-refractivity contribution in [3.05, 3.63) is 32.8 Å². The van der Waals surface area contributed by atoms with Gasteiger partial charge in [0.2, 0.25) is 0 Å². The normalized spacial score (nSPS) is 24.2. The minimum Gasteiger partial charge on any atom is -0.390 e. The van der Waals surface area contributed by atoms with Gasteiger partial charge < -0.3 is 15.3 Å². The Morgan fingerprint density at radius 1 is 1.58 bits per heavy atom. The molecule has 6 nitrogen and oxygen atoms in total. The lowest BCUT2D eigenvalue weighted by atomic mass is 10.0. The molecule has 7 heteroatoms. The van der Waals surface area contributed by atoms with Crippen LogP contribution in [0.25, 0.3) is 0 Å². The summed E-state index contributed by atoms with van der Waals surface area (Å²) in [5, 5.41) is 24.1. The van der Waals surface area contributed by atoms with Crippen molar-refractivity contribution >= 4 is 27.3 Å². The molecule has 0 saturated carbocycles. The van der Waals surface area contributed by atoms with Crippen molar-refractivity contribution in [1.82, 2.24) is 4.90 Å². The third-order valence-electron chi connectivity index (χ3n) is 3.28. The number of likely N-dealkylation sites (N-methyl/N-ethyl adjacent to an activating group) is 1. The Labute approximate surface area is 119 Å². The van der Waals surface area contributed by atoms with Crippen LogP contribution in [0.15, 0.2) is 22.7 Å². The standard InChI is InChI=1S/C12H16BrN3O3/c1-15-5-4-10(12(17)7-15)14-9-3-2-8(13)6-11(9)16(18)19/h2-3,6,10,12,14,17H,4-5,7H2,1H3. The van der Waals surface area contributed by atoms with Crippen molar-refractivity contribution < 1.29 is 10.0 Å². The smallest absolute Gasteiger partial charge is 0.293 e. The van der Waals surface area contributed by atoms with Gasteiger partial charge in [0.25, 0.3) is 5.69 Å². The molecule has 1 saturated heterocycles. The summed E-state index contributed by atoms with van der Waals surface area (Å²) in [4.78, 5) is 12.6. The van der Waals surface area contributed by atoms with Gasteiger partial charge in [0.1, 0.15) is 5.69 Å². The Morgan fingerprint density at radius 2 is 2.32 bits per heavy atom. The van der Waals surface area contributed by atoms with Gasteiger partial charge in [-0.05, 0) is 32.1 Å². The number of nitrogens with zero attached hydrogens (tertiary/aromatic N) is 2. The molecule has 0 radical (unpaired) electrons. The number of nitro benzene ring substituents is 1. The number of hydrogen-bond acceptors (Lipinski definition) is 5. The molecule has 1 aromatic carbocycles. The fourth-order valence-electron chi connectivity index (χ4n) is 2.24. The van der Waals surface area contributed by atoms with Gasteiger partial charge in [0.05, 0.1) is 17.1 Å². The molecule has 0 amide bonds. The summed E-state index contributed by atoms with van der Waals surface area (Å²) in [5.74, 6) is 0. The molecule has 2 rings (SSSR count). The molecule has 104 valence electrons. The average molecular weight is 330 g/mol. The van der Waals surface area contributed by atoms with Gasteiger partial charge in [0, 0.05) is 17.1 Å². The number of aliphatic hydroxyl groups is 1. The minimum atomic E-state index is -0.526. The molecule has 19 heavy (non-hydrogen) atoms. The maximum atomic E-state index is 11.0. The van der Waals surface area contributed by atoms with Gasteiger partial charge in [-0.25, -0.2) is 0 Å². The highest BCUT2D eigenvalue weighted by molar-refractivity contribution is 9.10. The van der Waals surface area contributed by atoms with Crippen molar-refractivity contribution in [2.24, 2.45) is 0 Å². The van der Waals surface area contributed by atoms with Crippen LogP contribution in [0, 0.1) is 10.1 Å². The van der Waals surface area contributed by atoms with E-state index in [4.69, 9.17) is 0 Å². The molecule has 1 aromatic rings. The summed E-state index contributed by atoms with van der Waals surface area (Å²) in [6, 6.07) is 4.71. The average Bonchev–Trinajstić information content (AvgIpc) is 2.34. The number of piperidine rings is 1. The van der Waals surface area contributed by atoms with Gasteiger partial charge in [-0.2, -0.15) is 0 Å². The molecule has 0 aromatic heterocycles. The van der Waals surface area contributed by atoms with E-state index in [2.05, 4.69) is 21.2 Å². The monoisotopic (exact) mass is 329 g/mol. The van der Waals surface area contributed by atoms with Gasteiger partial charge in [-0.1, -0.05) is 15.9 Å². The van der Waals surface area contributed by atoms with E-state index in [1.165, 1.54) is 6.07 Å². The summed E-state index contributed by atoms with van der Waals surface area (Å²) < 4.78 is 0.661. The Hall–Kier alpha value is -1.18. The van der Waals surface area contributed by atoms with Crippen LogP contribution in [-0.2, 0) is 0 Å². The number of likely N-dealkylation sites (tertiary alicyclic amines) is 1. The Morgan fingerprint density at radius 3 is 2.95 bits per heavy atom. The summed E-state index contributed by atoms with van der Waals surface area (Å²) in [7, 11) is 1.95. The molecule has 1 fully saturated rings. The first-order valence-electron chi connectivity index (χ1n) is 6.04. The Balaban J connectivity index is 2.17. The van der Waals surface area contributed by atoms with E-state index in [1.54, 1.807) is 12.1 Å². The number of nitro groups is 1. The second kappa shape index (κ2) is 5.85. The molecule has 0 bridgehead atoms. The zero-order valence-corrected chi connectivity index (χ0v) is 12.1. The lowest BCUT2D eigenvalue weighted by molar-refractivity contribution is -0.384. The summed E-state index contributed by atoms with van der Waals surface area (Å²) in [6.45, 7) is 1.43. The van der Waals surface area contributed by atoms with Gasteiger partial charge in [-0.3, -0.25) is 10.1 Å². The van der Waals surface area contributed by atoms with Crippen molar-refractivity contribution in [2.75, 3.05) is 25.5 Å². The Bertz CT molecular complexity index is 483. The molecular formula is C12H16BrN3O3. The molecule has 0 aliphatic carbocycles. The number of benzene rings is 1. The van der Waals surface area contributed by atoms with E-state index in [1.807, 2.05) is 11.9 Å². The predicted molar refractivity (Wildman–Crippen MR) is 76.3 cm³/mol. The summed E-state index contributed by atoms with van der Waals surface area (Å²) in [6.07, 6.45) is 0.229. The van der Waals surface area contributed by atoms with E-state index in [0.717, 1.165) is 13.0 Å². The SMILES string of the molecule is CN1CCC(Nc2ccc(Br)cc2[N+](=O)[O-])C(O)C1. The molecule has 2 N–H and O–H groups in total. The summed E-state index contributed by atoms with van der Waals surface area (Å²) in [5.41, 5.74) is 0.460.